The molecule has 1 aromatic heterocycles. The Morgan fingerprint density at radius 1 is 1.33 bits per heavy atom. The van der Waals surface area contributed by atoms with Crippen LogP contribution in [0.2, 0.25) is 0 Å². The van der Waals surface area contributed by atoms with Gasteiger partial charge >= 0.3 is 0 Å². The summed E-state index contributed by atoms with van der Waals surface area (Å²) in [6.45, 7) is 2.89. The van der Waals surface area contributed by atoms with Crippen LogP contribution in [0.1, 0.15) is 0 Å². The van der Waals surface area contributed by atoms with Crippen LogP contribution in [-0.2, 0) is 0 Å². The number of hydrazine groups is 1. The number of nitrogens with two attached hydrogens (primary N) is 2. The lowest BCUT2D eigenvalue weighted by Crippen LogP contribution is -2.09. The van der Waals surface area contributed by atoms with Crippen LogP contribution in [0.3, 0.4) is 0 Å². The minimum atomic E-state index is 0.605. The smallest absolute Gasteiger partial charge is 0.170 e. The molecule has 6 heteroatoms. The number of nitrogens with zero attached hydrogens (tertiary/aromatic N) is 3. The van der Waals surface area contributed by atoms with E-state index in [1.807, 2.05) is 24.3 Å². The minimum absolute atomic E-state index is 0.605. The van der Waals surface area contributed by atoms with Gasteiger partial charge in [-0.3, -0.25) is 0 Å². The average molecular weight is 204 g/mol. The second-order valence-electron chi connectivity index (χ2n) is 2.61. The Morgan fingerprint density at radius 3 is 2.67 bits per heavy atom. The highest BCUT2D eigenvalue weighted by molar-refractivity contribution is 5.90. The molecule has 0 aliphatic heterocycles. The predicted octanol–water partition coefficient (Wildman–Crippen LogP) is 0.476. The normalized spacial score (nSPS) is 8.87. The van der Waals surface area contributed by atoms with Gasteiger partial charge < -0.3 is 11.3 Å². The van der Waals surface area contributed by atoms with E-state index in [1.54, 1.807) is 6.20 Å². The van der Waals surface area contributed by atoms with Gasteiger partial charge in [0.1, 0.15) is 0 Å². The molecule has 1 heterocycles. The maximum absolute atomic E-state index is 5.26. The number of hydrogen-bond donors (Lipinski definition) is 3. The van der Waals surface area contributed by atoms with Gasteiger partial charge in [-0.15, -0.1) is 5.10 Å². The van der Waals surface area contributed by atoms with Gasteiger partial charge in [0.2, 0.25) is 0 Å². The molecule has 6 nitrogen and oxygen atoms in total. The molecule has 15 heavy (non-hydrogen) atoms. The van der Waals surface area contributed by atoms with E-state index in [4.69, 9.17) is 5.84 Å². The van der Waals surface area contributed by atoms with Crippen LogP contribution in [0.4, 0.5) is 5.82 Å². The van der Waals surface area contributed by atoms with E-state index in [9.17, 15) is 0 Å². The number of aromatic nitrogens is 2. The first kappa shape index (κ1) is 10.9. The van der Waals surface area contributed by atoms with Gasteiger partial charge in [-0.05, 0) is 0 Å². The predicted molar refractivity (Wildman–Crippen MR) is 61.1 cm³/mol. The number of anilines is 1. The van der Waals surface area contributed by atoms with Crippen molar-refractivity contribution in [1.29, 1.82) is 0 Å². The van der Waals surface area contributed by atoms with E-state index in [0.717, 1.165) is 10.8 Å². The lowest BCUT2D eigenvalue weighted by atomic mass is 10.2. The summed E-state index contributed by atoms with van der Waals surface area (Å²) in [5, 5.41) is 12.4. The summed E-state index contributed by atoms with van der Waals surface area (Å²) in [6, 6.07) is 7.79. The molecule has 0 amide bonds. The standard InChI is InChI=1S/C8H8N4.CH4N2/c9-11-8-7-4-2-1-3-6(7)5-10-12-8;1-3-2/h1-5H,9H2,(H,11,12);1-2H2. The van der Waals surface area contributed by atoms with Crippen molar-refractivity contribution in [2.45, 2.75) is 0 Å². The number of nitrogens with one attached hydrogen (secondary N) is 1. The molecule has 0 unspecified atom stereocenters. The van der Waals surface area contributed by atoms with E-state index >= 15 is 0 Å². The van der Waals surface area contributed by atoms with Crippen LogP contribution in [0.15, 0.2) is 35.6 Å². The van der Waals surface area contributed by atoms with E-state index in [2.05, 4.69) is 33.3 Å². The lowest BCUT2D eigenvalue weighted by Gasteiger charge is -2.01. The molecule has 0 bridgehead atoms. The Balaban J connectivity index is 0.000000337. The minimum Gasteiger partial charge on any atom is -0.324 e. The first-order valence-corrected chi connectivity index (χ1v) is 4.16. The summed E-state index contributed by atoms with van der Waals surface area (Å²) in [6.07, 6.45) is 1.70. The largest absolute Gasteiger partial charge is 0.324 e. The highest BCUT2D eigenvalue weighted by atomic mass is 15.3. The zero-order valence-electron chi connectivity index (χ0n) is 8.09. The van der Waals surface area contributed by atoms with Crippen molar-refractivity contribution in [3.63, 3.8) is 0 Å². The van der Waals surface area contributed by atoms with Crippen LogP contribution in [0.25, 0.3) is 10.8 Å². The maximum atomic E-state index is 5.26. The third-order valence-electron chi connectivity index (χ3n) is 1.71. The zero-order chi connectivity index (χ0) is 11.1. The molecule has 0 aliphatic rings. The second-order valence-corrected chi connectivity index (χ2v) is 2.61. The molecule has 0 saturated carbocycles. The third-order valence-corrected chi connectivity index (χ3v) is 1.71. The Hall–Kier alpha value is -2.21. The molecule has 0 fully saturated rings. The van der Waals surface area contributed by atoms with Crippen molar-refractivity contribution < 1.29 is 0 Å². The van der Waals surface area contributed by atoms with Gasteiger partial charge in [0, 0.05) is 17.5 Å². The molecule has 0 aliphatic carbocycles. The molecule has 78 valence electrons. The average Bonchev–Trinajstić information content (AvgIpc) is 2.29. The summed E-state index contributed by atoms with van der Waals surface area (Å²) in [4.78, 5) is 0. The van der Waals surface area contributed by atoms with Crippen LogP contribution >= 0.6 is 0 Å². The first-order valence-electron chi connectivity index (χ1n) is 4.16. The zero-order valence-corrected chi connectivity index (χ0v) is 8.09. The number of benzene rings is 1. The SMILES string of the molecule is C=NN.NNc1nncc2ccccc12. The monoisotopic (exact) mass is 204 g/mol. The fourth-order valence-electron chi connectivity index (χ4n) is 1.13. The van der Waals surface area contributed by atoms with Crippen molar-refractivity contribution >= 4 is 23.3 Å². The van der Waals surface area contributed by atoms with E-state index in [-0.39, 0.29) is 0 Å². The van der Waals surface area contributed by atoms with Crippen molar-refractivity contribution in [2.75, 3.05) is 5.43 Å². The molecule has 2 aromatic rings. The topological polar surface area (TPSA) is 102 Å². The fourth-order valence-corrected chi connectivity index (χ4v) is 1.13. The van der Waals surface area contributed by atoms with E-state index in [1.165, 1.54) is 0 Å². The number of nitrogen functional groups attached to an aromatic ring is 1. The Bertz CT molecular complexity index is 436. The first-order chi connectivity index (χ1) is 7.33. The molecule has 0 spiro atoms. The van der Waals surface area contributed by atoms with Crippen molar-refractivity contribution in [2.24, 2.45) is 16.8 Å². The lowest BCUT2D eigenvalue weighted by molar-refractivity contribution is 1.04. The highest BCUT2D eigenvalue weighted by Crippen LogP contribution is 2.17. The van der Waals surface area contributed by atoms with E-state index < -0.39 is 0 Å². The van der Waals surface area contributed by atoms with Crippen molar-refractivity contribution in [1.82, 2.24) is 10.2 Å². The molecule has 0 radical (unpaired) electrons. The Kier molecular flexibility index (Phi) is 3.99. The molecule has 1 aromatic carbocycles. The van der Waals surface area contributed by atoms with Crippen molar-refractivity contribution in [3.05, 3.63) is 30.5 Å². The molecule has 0 saturated heterocycles. The molecular weight excluding hydrogens is 192 g/mol. The Labute approximate surface area is 87.0 Å². The number of hydrazone groups is 1. The highest BCUT2D eigenvalue weighted by Gasteiger charge is 1.98. The van der Waals surface area contributed by atoms with Gasteiger partial charge in [0.25, 0.3) is 0 Å². The van der Waals surface area contributed by atoms with Crippen LogP contribution in [-0.4, -0.2) is 16.9 Å². The van der Waals surface area contributed by atoms with Crippen LogP contribution in [0.5, 0.6) is 0 Å². The molecule has 2 rings (SSSR count). The van der Waals surface area contributed by atoms with Gasteiger partial charge in [0.15, 0.2) is 5.82 Å². The molecule has 0 atom stereocenters. The summed E-state index contributed by atoms with van der Waals surface area (Å²) < 4.78 is 0. The van der Waals surface area contributed by atoms with Gasteiger partial charge in [-0.25, -0.2) is 5.84 Å². The molecule has 5 N–H and O–H groups in total. The van der Waals surface area contributed by atoms with Gasteiger partial charge in [-0.2, -0.15) is 10.2 Å². The summed E-state index contributed by atoms with van der Waals surface area (Å²) in [5.74, 6) is 10.2. The number of hydrogen-bond acceptors (Lipinski definition) is 6. The second kappa shape index (κ2) is 5.51. The van der Waals surface area contributed by atoms with Crippen LogP contribution < -0.4 is 17.1 Å². The Morgan fingerprint density at radius 2 is 2.00 bits per heavy atom. The van der Waals surface area contributed by atoms with Gasteiger partial charge in [0.05, 0.1) is 6.20 Å². The van der Waals surface area contributed by atoms with Crippen LogP contribution in [0, 0.1) is 0 Å². The van der Waals surface area contributed by atoms with E-state index in [0.29, 0.717) is 5.82 Å². The number of rotatable bonds is 1. The summed E-state index contributed by atoms with van der Waals surface area (Å²) in [5.41, 5.74) is 2.50. The fraction of sp³-hybridized carbons (Fsp3) is 0. The number of fused-ring (bicyclic) bond motifs is 1. The third kappa shape index (κ3) is 2.61. The summed E-state index contributed by atoms with van der Waals surface area (Å²) in [7, 11) is 0. The molecular formula is C9H12N6. The quantitative estimate of drug-likeness (QED) is 0.356. The maximum Gasteiger partial charge on any atom is 0.170 e. The summed E-state index contributed by atoms with van der Waals surface area (Å²) >= 11 is 0. The van der Waals surface area contributed by atoms with Crippen molar-refractivity contribution in [3.8, 4) is 0 Å². The van der Waals surface area contributed by atoms with Gasteiger partial charge in [-0.1, -0.05) is 24.3 Å².